The first kappa shape index (κ1) is 46.7. The van der Waals surface area contributed by atoms with Crippen molar-refractivity contribution in [3.63, 3.8) is 0 Å². The van der Waals surface area contributed by atoms with Crippen molar-refractivity contribution >= 4 is 94.6 Å². The molecule has 1 heterocycles. The van der Waals surface area contributed by atoms with Crippen LogP contribution >= 0.6 is 49.6 Å². The molecule has 0 aliphatic carbocycles. The third-order valence-corrected chi connectivity index (χ3v) is 7.96. The number of ether oxygens (including phenoxy) is 2. The minimum atomic E-state index is -0.702. The summed E-state index contributed by atoms with van der Waals surface area (Å²) in [5.41, 5.74) is 26.2. The van der Waals surface area contributed by atoms with Crippen LogP contribution in [0.4, 0.5) is 11.4 Å². The zero-order valence-corrected chi connectivity index (χ0v) is 31.4. The van der Waals surface area contributed by atoms with E-state index in [9.17, 15) is 14.4 Å². The fourth-order valence-corrected chi connectivity index (χ4v) is 5.40. The maximum absolute atomic E-state index is 14.0. The first-order chi connectivity index (χ1) is 22.2. The number of nitrogens with two attached hydrogens (primary N) is 4. The van der Waals surface area contributed by atoms with Gasteiger partial charge >= 0.3 is 0 Å². The molecule has 0 spiro atoms. The van der Waals surface area contributed by atoms with Gasteiger partial charge in [0.05, 0.1) is 37.3 Å². The maximum atomic E-state index is 14.0. The van der Waals surface area contributed by atoms with Crippen LogP contribution in [0.25, 0.3) is 21.8 Å². The number of halogens is 4. The minimum absolute atomic E-state index is 0. The molecule has 278 valence electrons. The van der Waals surface area contributed by atoms with Crippen molar-refractivity contribution in [3.05, 3.63) is 70.4 Å². The first-order valence-corrected chi connectivity index (χ1v) is 15.5. The zero-order valence-electron chi connectivity index (χ0n) is 28.1. The van der Waals surface area contributed by atoms with Crippen molar-refractivity contribution in [1.82, 2.24) is 4.57 Å². The summed E-state index contributed by atoms with van der Waals surface area (Å²) in [6.07, 6.45) is 4.06. The third kappa shape index (κ3) is 11.9. The van der Waals surface area contributed by atoms with Crippen molar-refractivity contribution < 1.29 is 19.1 Å². The van der Waals surface area contributed by atoms with E-state index in [1.54, 1.807) is 56.7 Å². The van der Waals surface area contributed by atoms with Crippen LogP contribution in [-0.2, 0) is 16.1 Å². The number of nitrogens with one attached hydrogen (secondary N) is 2. The first-order valence-electron chi connectivity index (χ1n) is 15.5. The van der Waals surface area contributed by atoms with Gasteiger partial charge in [0.15, 0.2) is 5.43 Å². The molecule has 3 aromatic carbocycles. The van der Waals surface area contributed by atoms with E-state index in [1.807, 2.05) is 16.7 Å². The van der Waals surface area contributed by atoms with E-state index < -0.39 is 12.1 Å². The second-order valence-corrected chi connectivity index (χ2v) is 11.4. The normalized spacial score (nSPS) is 11.6. The smallest absolute Gasteiger partial charge is 0.241 e. The van der Waals surface area contributed by atoms with E-state index in [0.717, 1.165) is 31.2 Å². The lowest BCUT2D eigenvalue weighted by atomic mass is 10.1. The number of aromatic nitrogens is 1. The van der Waals surface area contributed by atoms with E-state index in [2.05, 4.69) is 10.6 Å². The lowest BCUT2D eigenvalue weighted by Gasteiger charge is -2.19. The van der Waals surface area contributed by atoms with Gasteiger partial charge in [-0.05, 0) is 92.9 Å². The summed E-state index contributed by atoms with van der Waals surface area (Å²) in [4.78, 5) is 39.7. The molecule has 50 heavy (non-hydrogen) atoms. The number of hydrogen-bond acceptors (Lipinski definition) is 9. The molecule has 0 aliphatic heterocycles. The van der Waals surface area contributed by atoms with Gasteiger partial charge in [-0.25, -0.2) is 0 Å². The number of methoxy groups -OCH3 is 2. The van der Waals surface area contributed by atoms with Gasteiger partial charge in [0, 0.05) is 34.8 Å². The van der Waals surface area contributed by atoms with E-state index in [-0.39, 0.29) is 66.9 Å². The fraction of sp³-hybridized carbons (Fsp3) is 0.382. The van der Waals surface area contributed by atoms with Crippen molar-refractivity contribution in [2.45, 2.75) is 57.2 Å². The number of fused-ring (bicyclic) bond motifs is 2. The molecule has 12 nitrogen and oxygen atoms in total. The standard InChI is InChI=1S/C34H45N7O5.4ClH/c1-45-24-15-21(16-25(19-24)46-2)20-41-30-11-9-22(39-33(43)28(37)7-3-5-13-35)17-26(30)32(42)27-18-23(10-12-31(27)41)40-34(44)29(38)8-4-6-14-36;;;;/h9-12,15-19,28-29H,3-8,13-14,20,35-38H2,1-2H3,(H,39,43)(H,40,44);4*1H. The highest BCUT2D eigenvalue weighted by Crippen LogP contribution is 2.28. The van der Waals surface area contributed by atoms with E-state index in [1.165, 1.54) is 0 Å². The monoisotopic (exact) mass is 775 g/mol. The molecule has 16 heteroatoms. The highest BCUT2D eigenvalue weighted by molar-refractivity contribution is 6.01. The number of amides is 2. The number of unbranched alkanes of at least 4 members (excludes halogenated alkanes) is 2. The highest BCUT2D eigenvalue weighted by Gasteiger charge is 2.18. The molecule has 4 aromatic rings. The Morgan fingerprint density at radius 2 is 1.10 bits per heavy atom. The summed E-state index contributed by atoms with van der Waals surface area (Å²) in [5.74, 6) is 0.580. The Hall–Kier alpha value is -3.33. The molecule has 2 unspecified atom stereocenters. The van der Waals surface area contributed by atoms with Gasteiger partial charge in [-0.15, -0.1) is 49.6 Å². The van der Waals surface area contributed by atoms with Crippen molar-refractivity contribution in [2.24, 2.45) is 22.9 Å². The number of pyridine rings is 1. The molecule has 0 bridgehead atoms. The Labute approximate surface area is 317 Å². The molecular formula is C34H49Cl4N7O5. The molecule has 0 saturated heterocycles. The number of nitrogens with zero attached hydrogens (tertiary/aromatic N) is 1. The molecule has 4 rings (SSSR count). The van der Waals surface area contributed by atoms with Crippen LogP contribution in [0, 0.1) is 0 Å². The van der Waals surface area contributed by atoms with Gasteiger partial charge in [-0.2, -0.15) is 0 Å². The van der Waals surface area contributed by atoms with Crippen LogP contribution in [0.2, 0.25) is 0 Å². The van der Waals surface area contributed by atoms with Gasteiger partial charge in [0.1, 0.15) is 11.5 Å². The second kappa shape index (κ2) is 22.5. The van der Waals surface area contributed by atoms with Gasteiger partial charge in [0.2, 0.25) is 11.8 Å². The molecule has 0 saturated carbocycles. The van der Waals surface area contributed by atoms with Crippen molar-refractivity contribution in [3.8, 4) is 11.5 Å². The summed E-state index contributed by atoms with van der Waals surface area (Å²) in [6.45, 7) is 1.44. The van der Waals surface area contributed by atoms with Crippen LogP contribution in [0.1, 0.15) is 44.1 Å². The summed E-state index contributed by atoms with van der Waals surface area (Å²) < 4.78 is 13.0. The predicted octanol–water partition coefficient (Wildman–Crippen LogP) is 4.70. The Kier molecular flexibility index (Phi) is 21.0. The topological polar surface area (TPSA) is 203 Å². The number of hydrogen-bond donors (Lipinski definition) is 6. The van der Waals surface area contributed by atoms with Gasteiger partial charge in [0.25, 0.3) is 0 Å². The molecule has 10 N–H and O–H groups in total. The fourth-order valence-electron chi connectivity index (χ4n) is 5.40. The number of anilines is 2. The molecule has 2 amide bonds. The lowest BCUT2D eigenvalue weighted by Crippen LogP contribution is -2.35. The highest BCUT2D eigenvalue weighted by atomic mass is 35.5. The van der Waals surface area contributed by atoms with E-state index in [4.69, 9.17) is 32.4 Å². The molecule has 0 aliphatic rings. The number of benzene rings is 3. The molecule has 0 radical (unpaired) electrons. The maximum Gasteiger partial charge on any atom is 0.241 e. The summed E-state index contributed by atoms with van der Waals surface area (Å²) in [7, 11) is 3.17. The summed E-state index contributed by atoms with van der Waals surface area (Å²) in [5, 5.41) is 6.48. The average molecular weight is 778 g/mol. The third-order valence-electron chi connectivity index (χ3n) is 7.96. The van der Waals surface area contributed by atoms with Crippen LogP contribution in [0.15, 0.2) is 59.4 Å². The Balaban J connectivity index is 0.00000600. The lowest BCUT2D eigenvalue weighted by molar-refractivity contribution is -0.118. The van der Waals surface area contributed by atoms with Crippen LogP contribution < -0.4 is 48.5 Å². The van der Waals surface area contributed by atoms with Gasteiger partial charge in [-0.1, -0.05) is 12.8 Å². The number of rotatable bonds is 16. The quantitative estimate of drug-likeness (QED) is 0.0689. The van der Waals surface area contributed by atoms with Crippen molar-refractivity contribution in [2.75, 3.05) is 37.9 Å². The molecule has 2 atom stereocenters. The van der Waals surface area contributed by atoms with Crippen molar-refractivity contribution in [1.29, 1.82) is 0 Å². The average Bonchev–Trinajstić information content (AvgIpc) is 3.06. The summed E-state index contributed by atoms with van der Waals surface area (Å²) in [6, 6.07) is 14.6. The Morgan fingerprint density at radius 1 is 0.680 bits per heavy atom. The number of carbonyl (C=O) groups excluding carboxylic acids is 2. The summed E-state index contributed by atoms with van der Waals surface area (Å²) >= 11 is 0. The molecule has 1 aromatic heterocycles. The SMILES string of the molecule is COc1cc(Cn2c3ccc(NC(=O)C(N)CCCCN)cc3c(=O)c3cc(NC(=O)C(N)CCCCN)ccc32)cc(OC)c1.Cl.Cl.Cl.Cl. The Bertz CT molecular complexity index is 1640. The van der Waals surface area contributed by atoms with Crippen LogP contribution in [-0.4, -0.2) is 55.8 Å². The predicted molar refractivity (Wildman–Crippen MR) is 212 cm³/mol. The van der Waals surface area contributed by atoms with Crippen LogP contribution in [0.3, 0.4) is 0 Å². The molecular weight excluding hydrogens is 728 g/mol. The number of carbonyl (C=O) groups is 2. The van der Waals surface area contributed by atoms with Gasteiger partial charge < -0.3 is 47.6 Å². The zero-order chi connectivity index (χ0) is 33.2. The Morgan fingerprint density at radius 3 is 1.48 bits per heavy atom. The molecule has 0 fully saturated rings. The van der Waals surface area contributed by atoms with E-state index >= 15 is 0 Å². The minimum Gasteiger partial charge on any atom is -0.497 e. The van der Waals surface area contributed by atoms with Crippen LogP contribution in [0.5, 0.6) is 11.5 Å². The van der Waals surface area contributed by atoms with Gasteiger partial charge in [-0.3, -0.25) is 14.4 Å². The largest absolute Gasteiger partial charge is 0.497 e. The second-order valence-electron chi connectivity index (χ2n) is 11.4. The van der Waals surface area contributed by atoms with E-state index in [0.29, 0.717) is 77.2 Å².